The molecule has 0 unspecified atom stereocenters. The van der Waals surface area contributed by atoms with Crippen molar-refractivity contribution in [2.75, 3.05) is 6.54 Å². The summed E-state index contributed by atoms with van der Waals surface area (Å²) in [7, 11) is 0. The first-order valence-corrected chi connectivity index (χ1v) is 7.03. The first-order chi connectivity index (χ1) is 8.94. The van der Waals surface area contributed by atoms with Gasteiger partial charge < -0.3 is 15.5 Å². The molecule has 102 valence electrons. The highest BCUT2D eigenvalue weighted by Gasteiger charge is 2.44. The highest BCUT2D eigenvalue weighted by atomic mass is 127. The first kappa shape index (κ1) is 14.1. The largest absolute Gasteiger partial charge is 0.507 e. The molecule has 1 amide bonds. The van der Waals surface area contributed by atoms with Gasteiger partial charge in [-0.15, -0.1) is 0 Å². The molecule has 2 rings (SSSR count). The summed E-state index contributed by atoms with van der Waals surface area (Å²) in [6.45, 7) is 0.133. The summed E-state index contributed by atoms with van der Waals surface area (Å²) in [5.74, 6) is -1.17. The van der Waals surface area contributed by atoms with Crippen LogP contribution < -0.4 is 5.32 Å². The van der Waals surface area contributed by atoms with Gasteiger partial charge in [0.15, 0.2) is 0 Å². The highest BCUT2D eigenvalue weighted by Crippen LogP contribution is 2.40. The van der Waals surface area contributed by atoms with Crippen molar-refractivity contribution in [3.05, 3.63) is 27.3 Å². The topological polar surface area (TPSA) is 86.6 Å². The Morgan fingerprint density at radius 1 is 1.37 bits per heavy atom. The average Bonchev–Trinajstić information content (AvgIpc) is 2.30. The number of halogens is 1. The van der Waals surface area contributed by atoms with Crippen LogP contribution in [0.3, 0.4) is 0 Å². The maximum absolute atomic E-state index is 11.9. The molecular formula is C13H14INO4. The van der Waals surface area contributed by atoms with Crippen LogP contribution in [0.2, 0.25) is 0 Å². The average molecular weight is 375 g/mol. The van der Waals surface area contributed by atoms with E-state index in [4.69, 9.17) is 5.11 Å². The lowest BCUT2D eigenvalue weighted by Gasteiger charge is -2.37. The fourth-order valence-corrected chi connectivity index (χ4v) is 2.41. The molecule has 0 atom stereocenters. The number of hydrogen-bond acceptors (Lipinski definition) is 3. The summed E-state index contributed by atoms with van der Waals surface area (Å²) in [5.41, 5.74) is -0.473. The molecule has 6 heteroatoms. The molecule has 0 saturated heterocycles. The molecule has 19 heavy (non-hydrogen) atoms. The molecule has 3 N–H and O–H groups in total. The Kier molecular flexibility index (Phi) is 3.98. The fraction of sp³-hybridized carbons (Fsp3) is 0.385. The summed E-state index contributed by atoms with van der Waals surface area (Å²) < 4.78 is 0.662. The van der Waals surface area contributed by atoms with Crippen molar-refractivity contribution >= 4 is 34.5 Å². The summed E-state index contributed by atoms with van der Waals surface area (Å²) in [6, 6.07) is 4.62. The van der Waals surface area contributed by atoms with E-state index in [1.54, 1.807) is 12.1 Å². The van der Waals surface area contributed by atoms with Crippen LogP contribution in [0.5, 0.6) is 5.75 Å². The van der Waals surface area contributed by atoms with E-state index >= 15 is 0 Å². The molecular weight excluding hydrogens is 361 g/mol. The number of aliphatic carboxylic acids is 1. The van der Waals surface area contributed by atoms with E-state index in [0.29, 0.717) is 22.0 Å². The van der Waals surface area contributed by atoms with Crippen molar-refractivity contribution in [2.45, 2.75) is 19.3 Å². The minimum Gasteiger partial charge on any atom is -0.507 e. The van der Waals surface area contributed by atoms with E-state index in [2.05, 4.69) is 5.32 Å². The van der Waals surface area contributed by atoms with Gasteiger partial charge in [-0.25, -0.2) is 0 Å². The van der Waals surface area contributed by atoms with Crippen molar-refractivity contribution in [1.82, 2.24) is 5.32 Å². The smallest absolute Gasteiger partial charge is 0.311 e. The standard InChI is InChI=1S/C13H14INO4/c14-9-3-2-8(6-10(9)16)11(17)15-7-13(12(18)19)4-1-5-13/h2-3,6,16H,1,4-5,7H2,(H,15,17)(H,18,19). The summed E-state index contributed by atoms with van der Waals surface area (Å²) >= 11 is 1.96. The molecule has 1 aromatic rings. The Morgan fingerprint density at radius 2 is 2.05 bits per heavy atom. The Morgan fingerprint density at radius 3 is 2.53 bits per heavy atom. The van der Waals surface area contributed by atoms with Gasteiger partial charge in [-0.2, -0.15) is 0 Å². The van der Waals surface area contributed by atoms with Crippen LogP contribution >= 0.6 is 22.6 Å². The van der Waals surface area contributed by atoms with Gasteiger partial charge in [0.1, 0.15) is 5.75 Å². The molecule has 0 aromatic heterocycles. The molecule has 0 heterocycles. The Bertz CT molecular complexity index is 525. The van der Waals surface area contributed by atoms with Crippen LogP contribution in [0.4, 0.5) is 0 Å². The number of amides is 1. The minimum absolute atomic E-state index is 0.0462. The third-order valence-corrected chi connectivity index (χ3v) is 4.47. The van der Waals surface area contributed by atoms with Gasteiger partial charge in [-0.05, 0) is 53.6 Å². The van der Waals surface area contributed by atoms with Crippen LogP contribution in [0.25, 0.3) is 0 Å². The Labute approximate surface area is 124 Å². The number of benzene rings is 1. The molecule has 0 spiro atoms. The van der Waals surface area contributed by atoms with Crippen molar-refractivity contribution in [3.8, 4) is 5.75 Å². The Hall–Kier alpha value is -1.31. The molecule has 1 aliphatic rings. The number of phenols is 1. The van der Waals surface area contributed by atoms with E-state index in [-0.39, 0.29) is 18.2 Å². The molecule has 1 aliphatic carbocycles. The third-order valence-electron chi connectivity index (χ3n) is 3.56. The lowest BCUT2D eigenvalue weighted by molar-refractivity contribution is -0.153. The molecule has 5 nitrogen and oxygen atoms in total. The molecule has 1 fully saturated rings. The maximum Gasteiger partial charge on any atom is 0.311 e. The number of carboxylic acids is 1. The predicted molar refractivity (Wildman–Crippen MR) is 77.1 cm³/mol. The lowest BCUT2D eigenvalue weighted by Crippen LogP contribution is -2.47. The van der Waals surface area contributed by atoms with Crippen LogP contribution in [0.1, 0.15) is 29.6 Å². The number of rotatable bonds is 4. The quantitative estimate of drug-likeness (QED) is 0.703. The van der Waals surface area contributed by atoms with Crippen LogP contribution in [-0.2, 0) is 4.79 Å². The van der Waals surface area contributed by atoms with Gasteiger partial charge in [0, 0.05) is 12.1 Å². The number of phenolic OH excluding ortho intramolecular Hbond substituents is 1. The van der Waals surface area contributed by atoms with E-state index < -0.39 is 11.4 Å². The summed E-state index contributed by atoms with van der Waals surface area (Å²) in [4.78, 5) is 23.1. The van der Waals surface area contributed by atoms with Crippen LogP contribution in [-0.4, -0.2) is 28.6 Å². The highest BCUT2D eigenvalue weighted by molar-refractivity contribution is 14.1. The maximum atomic E-state index is 11.9. The van der Waals surface area contributed by atoms with Crippen molar-refractivity contribution in [2.24, 2.45) is 5.41 Å². The van der Waals surface area contributed by atoms with Crippen LogP contribution in [0, 0.1) is 8.99 Å². The van der Waals surface area contributed by atoms with Gasteiger partial charge in [0.25, 0.3) is 5.91 Å². The fourth-order valence-electron chi connectivity index (χ4n) is 2.08. The van der Waals surface area contributed by atoms with Crippen molar-refractivity contribution < 1.29 is 19.8 Å². The van der Waals surface area contributed by atoms with E-state index in [0.717, 1.165) is 6.42 Å². The SMILES string of the molecule is O=C(NCC1(C(=O)O)CCC1)c1ccc(I)c(O)c1. The number of carboxylic acid groups (broad SMARTS) is 1. The third kappa shape index (κ3) is 2.83. The summed E-state index contributed by atoms with van der Waals surface area (Å²) in [5, 5.41) is 21.3. The zero-order valence-corrected chi connectivity index (χ0v) is 12.3. The number of hydrogen-bond donors (Lipinski definition) is 3. The number of carbonyl (C=O) groups is 2. The first-order valence-electron chi connectivity index (χ1n) is 5.95. The van der Waals surface area contributed by atoms with E-state index in [1.165, 1.54) is 6.07 Å². The van der Waals surface area contributed by atoms with E-state index in [1.807, 2.05) is 22.6 Å². The molecule has 1 saturated carbocycles. The van der Waals surface area contributed by atoms with Gasteiger partial charge in [-0.1, -0.05) is 6.42 Å². The Balaban J connectivity index is 2.01. The minimum atomic E-state index is -0.857. The monoisotopic (exact) mass is 375 g/mol. The zero-order valence-electron chi connectivity index (χ0n) is 10.1. The number of carbonyl (C=O) groups excluding carboxylic acids is 1. The second kappa shape index (κ2) is 5.36. The zero-order chi connectivity index (χ0) is 14.0. The second-order valence-corrected chi connectivity index (χ2v) is 5.95. The van der Waals surface area contributed by atoms with Gasteiger partial charge in [0.2, 0.25) is 0 Å². The molecule has 0 radical (unpaired) electrons. The second-order valence-electron chi connectivity index (χ2n) is 4.79. The van der Waals surface area contributed by atoms with E-state index in [9.17, 15) is 14.7 Å². The van der Waals surface area contributed by atoms with Crippen LogP contribution in [0.15, 0.2) is 18.2 Å². The summed E-state index contributed by atoms with van der Waals surface area (Å²) in [6.07, 6.45) is 2.08. The molecule has 0 aliphatic heterocycles. The number of aromatic hydroxyl groups is 1. The van der Waals surface area contributed by atoms with Gasteiger partial charge in [0.05, 0.1) is 8.99 Å². The van der Waals surface area contributed by atoms with Gasteiger partial charge >= 0.3 is 5.97 Å². The van der Waals surface area contributed by atoms with Crippen molar-refractivity contribution in [3.63, 3.8) is 0 Å². The van der Waals surface area contributed by atoms with Gasteiger partial charge in [-0.3, -0.25) is 9.59 Å². The molecule has 1 aromatic carbocycles. The lowest BCUT2D eigenvalue weighted by atomic mass is 9.69. The van der Waals surface area contributed by atoms with Crippen molar-refractivity contribution in [1.29, 1.82) is 0 Å². The molecule has 0 bridgehead atoms. The predicted octanol–water partition coefficient (Wildman–Crippen LogP) is 1.98. The normalized spacial score (nSPS) is 16.5. The number of nitrogens with one attached hydrogen (secondary N) is 1.